The zero-order valence-electron chi connectivity index (χ0n) is 19.6. The van der Waals surface area contributed by atoms with E-state index in [0.717, 1.165) is 45.5 Å². The molecule has 7 nitrogen and oxygen atoms in total. The Hall–Kier alpha value is -2.94. The van der Waals surface area contributed by atoms with E-state index in [1.54, 1.807) is 18.0 Å². The minimum Gasteiger partial charge on any atom is -0.463 e. The highest BCUT2D eigenvalue weighted by atomic mass is 32.2. The zero-order valence-corrected chi connectivity index (χ0v) is 20.4. The van der Waals surface area contributed by atoms with Crippen LogP contribution in [0, 0.1) is 6.92 Å². The van der Waals surface area contributed by atoms with Crippen LogP contribution in [0.3, 0.4) is 0 Å². The van der Waals surface area contributed by atoms with E-state index in [0.29, 0.717) is 18.2 Å². The highest BCUT2D eigenvalue weighted by molar-refractivity contribution is 7.99. The molecule has 1 fully saturated rings. The highest BCUT2D eigenvalue weighted by Gasteiger charge is 2.33. The Balaban J connectivity index is 1.50. The maximum absolute atomic E-state index is 9.56. The summed E-state index contributed by atoms with van der Waals surface area (Å²) in [6, 6.07) is 16.1. The van der Waals surface area contributed by atoms with Gasteiger partial charge in [0.1, 0.15) is 23.2 Å². The summed E-state index contributed by atoms with van der Waals surface area (Å²) < 4.78 is 13.7. The topological polar surface area (TPSA) is 86.2 Å². The van der Waals surface area contributed by atoms with E-state index < -0.39 is 0 Å². The summed E-state index contributed by atoms with van der Waals surface area (Å²) in [6.07, 6.45) is 3.50. The van der Waals surface area contributed by atoms with Crippen LogP contribution in [0.25, 0.3) is 22.8 Å². The second-order valence-corrected chi connectivity index (χ2v) is 10.2. The fourth-order valence-electron chi connectivity index (χ4n) is 4.34. The zero-order chi connectivity index (χ0) is 23.7. The van der Waals surface area contributed by atoms with E-state index in [1.165, 1.54) is 0 Å². The molecule has 1 aliphatic heterocycles. The molecule has 1 saturated heterocycles. The van der Waals surface area contributed by atoms with Crippen LogP contribution in [0.2, 0.25) is 0 Å². The first kappa shape index (κ1) is 22.8. The van der Waals surface area contributed by atoms with E-state index in [-0.39, 0.29) is 18.2 Å². The number of rotatable bonds is 6. The normalized spacial score (nSPS) is 17.7. The first-order chi connectivity index (χ1) is 16.4. The third-order valence-electron chi connectivity index (χ3n) is 5.99. The second kappa shape index (κ2) is 9.37. The van der Waals surface area contributed by atoms with Crippen LogP contribution >= 0.6 is 11.8 Å². The molecule has 1 N–H and O–H groups in total. The number of aromatic nitrogens is 4. The fourth-order valence-corrected chi connectivity index (χ4v) is 5.11. The molecule has 0 aliphatic carbocycles. The summed E-state index contributed by atoms with van der Waals surface area (Å²) in [6.45, 7) is 6.65. The van der Waals surface area contributed by atoms with Crippen molar-refractivity contribution in [3.63, 3.8) is 0 Å². The van der Waals surface area contributed by atoms with Crippen LogP contribution in [0.15, 0.2) is 69.1 Å². The molecule has 1 aliphatic rings. The molecule has 1 atom stereocenters. The average Bonchev–Trinajstić information content (AvgIpc) is 3.43. The number of hydrogen-bond donors (Lipinski definition) is 1. The van der Waals surface area contributed by atoms with Crippen molar-refractivity contribution in [3.05, 3.63) is 66.2 Å². The van der Waals surface area contributed by atoms with E-state index in [4.69, 9.17) is 19.2 Å². The smallest absolute Gasteiger partial charge is 0.181 e. The monoisotopic (exact) mass is 476 g/mol. The quantitative estimate of drug-likeness (QED) is 0.383. The molecular weight excluding hydrogens is 448 g/mol. The SMILES string of the molecule is Cc1oc(CO)cc1-c1nc(-c2ccc(Sc3ccccn3)cc2)nn1C1CCOC(C)(C)C1. The summed E-state index contributed by atoms with van der Waals surface area (Å²) in [7, 11) is 0. The van der Waals surface area contributed by atoms with Crippen molar-refractivity contribution in [2.24, 2.45) is 0 Å². The molecule has 1 unspecified atom stereocenters. The number of nitrogens with zero attached hydrogens (tertiary/aromatic N) is 4. The van der Waals surface area contributed by atoms with Crippen molar-refractivity contribution >= 4 is 11.8 Å². The van der Waals surface area contributed by atoms with E-state index in [2.05, 4.69) is 31.0 Å². The van der Waals surface area contributed by atoms with E-state index in [9.17, 15) is 5.11 Å². The van der Waals surface area contributed by atoms with Gasteiger partial charge >= 0.3 is 0 Å². The van der Waals surface area contributed by atoms with Gasteiger partial charge in [-0.05, 0) is 76.1 Å². The van der Waals surface area contributed by atoms with Crippen LogP contribution in [-0.4, -0.2) is 37.1 Å². The van der Waals surface area contributed by atoms with Gasteiger partial charge in [-0.2, -0.15) is 5.10 Å². The Morgan fingerprint density at radius 2 is 2.00 bits per heavy atom. The highest BCUT2D eigenvalue weighted by Crippen LogP contribution is 2.37. The molecule has 176 valence electrons. The first-order valence-electron chi connectivity index (χ1n) is 11.4. The molecule has 5 rings (SSSR count). The van der Waals surface area contributed by atoms with Crippen molar-refractivity contribution in [1.82, 2.24) is 19.7 Å². The lowest BCUT2D eigenvalue weighted by atomic mass is 9.94. The molecule has 0 bridgehead atoms. The van der Waals surface area contributed by atoms with Crippen LogP contribution < -0.4 is 0 Å². The summed E-state index contributed by atoms with van der Waals surface area (Å²) >= 11 is 1.62. The number of furan rings is 1. The molecule has 3 aromatic heterocycles. The van der Waals surface area contributed by atoms with Gasteiger partial charge in [0.25, 0.3) is 0 Å². The van der Waals surface area contributed by atoms with Crippen LogP contribution in [0.1, 0.15) is 44.3 Å². The Morgan fingerprint density at radius 1 is 1.18 bits per heavy atom. The minimum atomic E-state index is -0.224. The molecule has 0 spiro atoms. The number of aliphatic hydroxyl groups excluding tert-OH is 1. The van der Waals surface area contributed by atoms with Crippen LogP contribution in [0.5, 0.6) is 0 Å². The van der Waals surface area contributed by atoms with E-state index in [1.807, 2.05) is 48.0 Å². The standard InChI is InChI=1S/C26H28N4O3S/c1-17-22(14-20(16-31)33-17)25-28-24(29-30(25)19-11-13-32-26(2,3)15-19)18-7-9-21(10-8-18)34-23-6-4-5-12-27-23/h4-10,12,14,19,31H,11,13,15-16H2,1-3H3. The largest absolute Gasteiger partial charge is 0.463 e. The fraction of sp³-hybridized carbons (Fsp3) is 0.346. The van der Waals surface area contributed by atoms with Crippen molar-refractivity contribution in [3.8, 4) is 22.8 Å². The molecule has 8 heteroatoms. The van der Waals surface area contributed by atoms with Crippen LogP contribution in [-0.2, 0) is 11.3 Å². The van der Waals surface area contributed by atoms with Gasteiger partial charge in [0, 0.05) is 23.3 Å². The Morgan fingerprint density at radius 3 is 2.68 bits per heavy atom. The molecule has 4 aromatic rings. The molecule has 34 heavy (non-hydrogen) atoms. The van der Waals surface area contributed by atoms with Crippen molar-refractivity contribution in [1.29, 1.82) is 0 Å². The van der Waals surface area contributed by atoms with Gasteiger partial charge in [-0.25, -0.2) is 14.6 Å². The van der Waals surface area contributed by atoms with Gasteiger partial charge in [0.05, 0.1) is 17.2 Å². The summed E-state index contributed by atoms with van der Waals surface area (Å²) in [4.78, 5) is 10.4. The number of pyridine rings is 1. The molecule has 0 amide bonds. The lowest BCUT2D eigenvalue weighted by Crippen LogP contribution is -2.35. The Labute approximate surface area is 203 Å². The Bertz CT molecular complexity index is 1270. The van der Waals surface area contributed by atoms with Crippen molar-refractivity contribution < 1.29 is 14.3 Å². The van der Waals surface area contributed by atoms with Gasteiger partial charge in [-0.3, -0.25) is 0 Å². The maximum atomic E-state index is 9.56. The molecule has 4 heterocycles. The van der Waals surface area contributed by atoms with Gasteiger partial charge in [-0.1, -0.05) is 17.8 Å². The lowest BCUT2D eigenvalue weighted by Gasteiger charge is -2.35. The third kappa shape index (κ3) is 4.80. The number of hydrogen-bond acceptors (Lipinski definition) is 7. The predicted molar refractivity (Wildman–Crippen MR) is 130 cm³/mol. The van der Waals surface area contributed by atoms with Gasteiger partial charge in [-0.15, -0.1) is 0 Å². The average molecular weight is 477 g/mol. The Kier molecular flexibility index (Phi) is 6.29. The van der Waals surface area contributed by atoms with Gasteiger partial charge in [0.2, 0.25) is 0 Å². The predicted octanol–water partition coefficient (Wildman–Crippen LogP) is 5.68. The maximum Gasteiger partial charge on any atom is 0.181 e. The number of ether oxygens (including phenoxy) is 1. The van der Waals surface area contributed by atoms with Gasteiger partial charge in [0.15, 0.2) is 11.6 Å². The van der Waals surface area contributed by atoms with Crippen molar-refractivity contribution in [2.75, 3.05) is 6.61 Å². The molecule has 0 saturated carbocycles. The molecular formula is C26H28N4O3S. The number of aryl methyl sites for hydroxylation is 1. The summed E-state index contributed by atoms with van der Waals surface area (Å²) in [5, 5.41) is 15.5. The lowest BCUT2D eigenvalue weighted by molar-refractivity contribution is -0.0705. The van der Waals surface area contributed by atoms with E-state index >= 15 is 0 Å². The molecule has 1 aromatic carbocycles. The number of aliphatic hydroxyl groups is 1. The number of benzene rings is 1. The minimum absolute atomic E-state index is 0.151. The van der Waals surface area contributed by atoms with Crippen LogP contribution in [0.4, 0.5) is 0 Å². The summed E-state index contributed by atoms with van der Waals surface area (Å²) in [5.74, 6) is 2.66. The third-order valence-corrected chi connectivity index (χ3v) is 6.94. The second-order valence-electron chi connectivity index (χ2n) is 9.09. The first-order valence-corrected chi connectivity index (χ1v) is 12.2. The van der Waals surface area contributed by atoms with Gasteiger partial charge < -0.3 is 14.3 Å². The van der Waals surface area contributed by atoms with Crippen molar-refractivity contribution in [2.45, 2.75) is 61.8 Å². The summed E-state index contributed by atoms with van der Waals surface area (Å²) in [5.41, 5.74) is 1.58. The molecule has 0 radical (unpaired) electrons.